The molecule has 3 rings (SSSR count). The average molecular weight is 506 g/mol. The molecule has 1 atom stereocenters. The molecule has 0 saturated heterocycles. The van der Waals surface area contributed by atoms with Gasteiger partial charge in [-0.05, 0) is 50.5 Å². The van der Waals surface area contributed by atoms with Crippen molar-refractivity contribution in [3.63, 3.8) is 0 Å². The molecule has 0 fully saturated rings. The van der Waals surface area contributed by atoms with Crippen LogP contribution < -0.4 is 5.56 Å². The van der Waals surface area contributed by atoms with Crippen LogP contribution in [0.1, 0.15) is 83.6 Å². The van der Waals surface area contributed by atoms with Gasteiger partial charge in [-0.25, -0.2) is 4.98 Å². The number of hydrogen-bond acceptors (Lipinski definition) is 5. The van der Waals surface area contributed by atoms with E-state index in [2.05, 4.69) is 13.8 Å². The van der Waals surface area contributed by atoms with Crippen LogP contribution in [-0.2, 0) is 20.7 Å². The normalized spacial score (nSPS) is 11.9. The number of hydrogen-bond donors (Lipinski definition) is 0. The van der Waals surface area contributed by atoms with E-state index >= 15 is 0 Å². The Morgan fingerprint density at radius 2 is 1.70 bits per heavy atom. The molecule has 0 spiro atoms. The van der Waals surface area contributed by atoms with Gasteiger partial charge in [0, 0.05) is 13.0 Å². The molecule has 0 aliphatic heterocycles. The summed E-state index contributed by atoms with van der Waals surface area (Å²) >= 11 is 0. The van der Waals surface area contributed by atoms with Crippen LogP contribution in [-0.4, -0.2) is 39.5 Å². The maximum atomic E-state index is 13.9. The van der Waals surface area contributed by atoms with E-state index < -0.39 is 6.04 Å². The zero-order valence-corrected chi connectivity index (χ0v) is 22.5. The van der Waals surface area contributed by atoms with E-state index in [1.54, 1.807) is 22.5 Å². The number of carbonyl (C=O) groups excluding carboxylic acids is 2. The molecule has 1 aromatic heterocycles. The topological polar surface area (TPSA) is 81.5 Å². The van der Waals surface area contributed by atoms with E-state index in [0.717, 1.165) is 43.4 Å². The van der Waals surface area contributed by atoms with Gasteiger partial charge in [-0.1, -0.05) is 63.4 Å². The van der Waals surface area contributed by atoms with Crippen LogP contribution >= 0.6 is 0 Å². The lowest BCUT2D eigenvalue weighted by atomic mass is 10.1. The Morgan fingerprint density at radius 1 is 0.973 bits per heavy atom. The Labute approximate surface area is 219 Å². The van der Waals surface area contributed by atoms with Crippen LogP contribution in [0.3, 0.4) is 0 Å². The lowest BCUT2D eigenvalue weighted by Gasteiger charge is -2.31. The van der Waals surface area contributed by atoms with Crippen molar-refractivity contribution < 1.29 is 14.3 Å². The van der Waals surface area contributed by atoms with E-state index in [4.69, 9.17) is 9.72 Å². The lowest BCUT2D eigenvalue weighted by molar-refractivity contribution is -0.146. The van der Waals surface area contributed by atoms with Crippen molar-refractivity contribution >= 4 is 22.8 Å². The minimum absolute atomic E-state index is 0.0292. The predicted octanol–water partition coefficient (Wildman–Crippen LogP) is 5.76. The Bertz CT molecular complexity index is 1270. The van der Waals surface area contributed by atoms with Crippen LogP contribution in [0.25, 0.3) is 16.6 Å². The lowest BCUT2D eigenvalue weighted by Crippen LogP contribution is -2.38. The summed E-state index contributed by atoms with van der Waals surface area (Å²) in [6, 6.07) is 14.7. The number of aryl methyl sites for hydroxylation is 1. The maximum absolute atomic E-state index is 13.9. The van der Waals surface area contributed by atoms with Crippen molar-refractivity contribution in [3.05, 3.63) is 70.3 Å². The molecule has 0 aliphatic rings. The molecule has 2 aromatic carbocycles. The monoisotopic (exact) mass is 505 g/mol. The summed E-state index contributed by atoms with van der Waals surface area (Å²) in [7, 11) is 0. The number of nitrogens with zero attached hydrogens (tertiary/aromatic N) is 3. The van der Waals surface area contributed by atoms with Gasteiger partial charge < -0.3 is 9.64 Å². The maximum Gasteiger partial charge on any atom is 0.306 e. The van der Waals surface area contributed by atoms with Crippen molar-refractivity contribution in [2.24, 2.45) is 0 Å². The number of ether oxygens (including phenoxy) is 1. The number of amides is 1. The number of para-hydroxylation sites is 2. The number of fused-ring (bicyclic) bond motifs is 1. The summed E-state index contributed by atoms with van der Waals surface area (Å²) in [5.74, 6) is -0.00795. The predicted molar refractivity (Wildman–Crippen MR) is 147 cm³/mol. The highest BCUT2D eigenvalue weighted by Crippen LogP contribution is 2.26. The van der Waals surface area contributed by atoms with E-state index in [1.807, 2.05) is 49.4 Å². The van der Waals surface area contributed by atoms with Crippen molar-refractivity contribution in [1.82, 2.24) is 14.5 Å². The second-order valence-corrected chi connectivity index (χ2v) is 9.24. The zero-order valence-electron chi connectivity index (χ0n) is 22.5. The molecule has 1 amide bonds. The average Bonchev–Trinajstić information content (AvgIpc) is 2.91. The Balaban J connectivity index is 2.10. The third kappa shape index (κ3) is 6.85. The number of aromatic nitrogens is 2. The fraction of sp³-hybridized carbons (Fsp3) is 0.467. The van der Waals surface area contributed by atoms with Gasteiger partial charge in [0.15, 0.2) is 0 Å². The molecule has 0 radical (unpaired) electrons. The quantitative estimate of drug-likeness (QED) is 0.218. The molecule has 3 aromatic rings. The van der Waals surface area contributed by atoms with Crippen LogP contribution in [0.5, 0.6) is 0 Å². The molecular formula is C30H39N3O4. The molecule has 37 heavy (non-hydrogen) atoms. The Hall–Kier alpha value is -3.48. The molecule has 0 saturated carbocycles. The van der Waals surface area contributed by atoms with Gasteiger partial charge in [-0.3, -0.25) is 19.0 Å². The molecule has 0 bridgehead atoms. The first kappa shape index (κ1) is 28.1. The smallest absolute Gasteiger partial charge is 0.306 e. The SMILES string of the molecule is CCCCCCN(C(=O)CCC(=O)OCC)C(C)c1nc2ccccc2c(=O)n1-c1ccccc1CC. The second kappa shape index (κ2) is 13.7. The summed E-state index contributed by atoms with van der Waals surface area (Å²) in [5.41, 5.74) is 2.25. The van der Waals surface area contributed by atoms with Gasteiger partial charge >= 0.3 is 5.97 Å². The number of esters is 1. The summed E-state index contributed by atoms with van der Waals surface area (Å²) in [6.45, 7) is 8.69. The summed E-state index contributed by atoms with van der Waals surface area (Å²) < 4.78 is 6.70. The van der Waals surface area contributed by atoms with Gasteiger partial charge in [-0.15, -0.1) is 0 Å². The van der Waals surface area contributed by atoms with E-state index in [1.165, 1.54) is 0 Å². The highest BCUT2D eigenvalue weighted by atomic mass is 16.5. The van der Waals surface area contributed by atoms with E-state index in [-0.39, 0.29) is 36.9 Å². The van der Waals surface area contributed by atoms with Gasteiger partial charge in [0.05, 0.1) is 35.7 Å². The fourth-order valence-electron chi connectivity index (χ4n) is 4.66. The van der Waals surface area contributed by atoms with Crippen molar-refractivity contribution in [2.75, 3.05) is 13.2 Å². The summed E-state index contributed by atoms with van der Waals surface area (Å²) in [6.07, 6.45) is 4.85. The van der Waals surface area contributed by atoms with E-state index in [9.17, 15) is 14.4 Å². The fourth-order valence-corrected chi connectivity index (χ4v) is 4.66. The highest BCUT2D eigenvalue weighted by molar-refractivity contribution is 5.82. The molecule has 1 unspecified atom stereocenters. The molecule has 1 heterocycles. The highest BCUT2D eigenvalue weighted by Gasteiger charge is 2.27. The van der Waals surface area contributed by atoms with Crippen LogP contribution in [0.15, 0.2) is 53.3 Å². The van der Waals surface area contributed by atoms with Crippen molar-refractivity contribution in [1.29, 1.82) is 0 Å². The van der Waals surface area contributed by atoms with Gasteiger partial charge in [0.25, 0.3) is 5.56 Å². The molecule has 7 nitrogen and oxygen atoms in total. The molecule has 0 N–H and O–H groups in total. The Morgan fingerprint density at radius 3 is 2.43 bits per heavy atom. The van der Waals surface area contributed by atoms with Crippen LogP contribution in [0.4, 0.5) is 0 Å². The third-order valence-corrected chi connectivity index (χ3v) is 6.68. The first-order chi connectivity index (χ1) is 17.9. The number of unbranched alkanes of at least 4 members (excludes halogenated alkanes) is 3. The third-order valence-electron chi connectivity index (χ3n) is 6.68. The second-order valence-electron chi connectivity index (χ2n) is 9.24. The summed E-state index contributed by atoms with van der Waals surface area (Å²) in [4.78, 5) is 46.0. The van der Waals surface area contributed by atoms with Crippen molar-refractivity contribution in [3.8, 4) is 5.69 Å². The first-order valence-electron chi connectivity index (χ1n) is 13.5. The Kier molecular flexibility index (Phi) is 10.4. The molecule has 198 valence electrons. The summed E-state index contributed by atoms with van der Waals surface area (Å²) in [5, 5.41) is 0.535. The number of benzene rings is 2. The van der Waals surface area contributed by atoms with Crippen molar-refractivity contribution in [2.45, 2.75) is 78.7 Å². The number of carbonyl (C=O) groups is 2. The first-order valence-corrected chi connectivity index (χ1v) is 13.5. The van der Waals surface area contributed by atoms with E-state index in [0.29, 0.717) is 23.3 Å². The number of rotatable bonds is 13. The van der Waals surface area contributed by atoms with Gasteiger partial charge in [0.1, 0.15) is 5.82 Å². The molecular weight excluding hydrogens is 466 g/mol. The minimum atomic E-state index is -0.474. The van der Waals surface area contributed by atoms with Crippen LogP contribution in [0.2, 0.25) is 0 Å². The zero-order chi connectivity index (χ0) is 26.8. The minimum Gasteiger partial charge on any atom is -0.466 e. The molecule has 0 aliphatic carbocycles. The van der Waals surface area contributed by atoms with Gasteiger partial charge in [-0.2, -0.15) is 0 Å². The van der Waals surface area contributed by atoms with Crippen LogP contribution in [0, 0.1) is 0 Å². The standard InChI is InChI=1S/C30H39N3O4/c1-5-8-9-14-21-32(27(34)19-20-28(35)37-7-3)22(4)29-31-25-17-12-11-16-24(25)30(36)33(29)26-18-13-10-15-23(26)6-2/h10-13,15-18,22H,5-9,14,19-21H2,1-4H3. The van der Waals surface area contributed by atoms with Gasteiger partial charge in [0.2, 0.25) is 5.91 Å². The molecule has 7 heteroatoms. The largest absolute Gasteiger partial charge is 0.466 e.